The lowest BCUT2D eigenvalue weighted by atomic mass is 9.84. The molecule has 5 nitrogen and oxygen atoms in total. The summed E-state index contributed by atoms with van der Waals surface area (Å²) in [4.78, 5) is 17.3. The Bertz CT molecular complexity index is 946. The van der Waals surface area contributed by atoms with Crippen molar-refractivity contribution in [2.24, 2.45) is 5.92 Å². The molecule has 7 heteroatoms. The minimum Gasteiger partial charge on any atom is -0.494 e. The zero-order valence-electron chi connectivity index (χ0n) is 14.9. The molecule has 1 amide bonds. The Morgan fingerprint density at radius 2 is 2.11 bits per heavy atom. The van der Waals surface area contributed by atoms with Crippen molar-refractivity contribution in [3.63, 3.8) is 0 Å². The Balaban J connectivity index is 1.65. The number of hydrogen-bond donors (Lipinski definition) is 2. The Kier molecular flexibility index (Phi) is 5.50. The number of amides is 1. The van der Waals surface area contributed by atoms with E-state index in [4.69, 9.17) is 0 Å². The van der Waals surface area contributed by atoms with Crippen molar-refractivity contribution in [2.45, 2.75) is 44.6 Å². The predicted molar refractivity (Wildman–Crippen MR) is 112 cm³/mol. The Morgan fingerprint density at radius 3 is 2.81 bits per heavy atom. The Hall–Kier alpha value is -1.86. The van der Waals surface area contributed by atoms with Gasteiger partial charge in [0.05, 0.1) is 9.98 Å². The first-order valence-corrected chi connectivity index (χ1v) is 10.9. The van der Waals surface area contributed by atoms with E-state index in [1.807, 2.05) is 30.5 Å². The van der Waals surface area contributed by atoms with Gasteiger partial charge in [-0.3, -0.25) is 4.79 Å². The fourth-order valence-corrected chi connectivity index (χ4v) is 5.10. The summed E-state index contributed by atoms with van der Waals surface area (Å²) < 4.78 is 2.60. The Morgan fingerprint density at radius 1 is 1.33 bits per heavy atom. The number of halogens is 1. The summed E-state index contributed by atoms with van der Waals surface area (Å²) in [5, 5.41) is 16.0. The van der Waals surface area contributed by atoms with Crippen LogP contribution in [0.2, 0.25) is 0 Å². The van der Waals surface area contributed by atoms with Gasteiger partial charge < -0.3 is 15.0 Å². The second kappa shape index (κ2) is 8.02. The number of fused-ring (bicyclic) bond motifs is 1. The number of carbonyl (C=O) groups is 1. The van der Waals surface area contributed by atoms with E-state index in [-0.39, 0.29) is 11.8 Å². The fourth-order valence-electron chi connectivity index (χ4n) is 3.99. The smallest absolute Gasteiger partial charge is 0.249 e. The molecule has 1 aliphatic carbocycles. The van der Waals surface area contributed by atoms with Crippen LogP contribution in [0.25, 0.3) is 10.8 Å². The number of nitrogens with zero attached hydrogens (tertiary/aromatic N) is 2. The van der Waals surface area contributed by atoms with Gasteiger partial charge in [-0.05, 0) is 34.3 Å². The van der Waals surface area contributed by atoms with Gasteiger partial charge in [-0.25, -0.2) is 4.98 Å². The maximum atomic E-state index is 13.1. The van der Waals surface area contributed by atoms with Crippen LogP contribution in [0.5, 0.6) is 5.88 Å². The van der Waals surface area contributed by atoms with Gasteiger partial charge in [0.2, 0.25) is 5.91 Å². The summed E-state index contributed by atoms with van der Waals surface area (Å²) in [7, 11) is 0. The van der Waals surface area contributed by atoms with Crippen LogP contribution in [0, 0.1) is 5.92 Å². The van der Waals surface area contributed by atoms with Gasteiger partial charge in [-0.2, -0.15) is 0 Å². The number of hydrogen-bond acceptors (Lipinski definition) is 4. The third kappa shape index (κ3) is 4.04. The number of anilines is 1. The molecule has 0 saturated heterocycles. The summed E-state index contributed by atoms with van der Waals surface area (Å²) in [6.07, 6.45) is 10.3. The summed E-state index contributed by atoms with van der Waals surface area (Å²) in [5.41, 5.74) is 0. The van der Waals surface area contributed by atoms with Gasteiger partial charge >= 0.3 is 0 Å². The summed E-state index contributed by atoms with van der Waals surface area (Å²) >= 11 is 4.76. The molecule has 0 unspecified atom stereocenters. The minimum absolute atomic E-state index is 0.127. The van der Waals surface area contributed by atoms with Gasteiger partial charge in [-0.15, -0.1) is 0 Å². The molecule has 1 aliphatic rings. The van der Waals surface area contributed by atoms with Crippen LogP contribution < -0.4 is 5.32 Å². The summed E-state index contributed by atoms with van der Waals surface area (Å²) in [5.74, 6) is 0.530. The summed E-state index contributed by atoms with van der Waals surface area (Å²) in [6.45, 7) is 0. The van der Waals surface area contributed by atoms with Crippen molar-refractivity contribution in [1.29, 1.82) is 0 Å². The van der Waals surface area contributed by atoms with Crippen LogP contribution in [-0.4, -0.2) is 20.6 Å². The number of aromatic nitrogens is 2. The van der Waals surface area contributed by atoms with Crippen molar-refractivity contribution in [1.82, 2.24) is 9.55 Å². The fraction of sp³-hybridized carbons (Fsp3) is 0.400. The molecule has 1 atom stereocenters. The van der Waals surface area contributed by atoms with Crippen molar-refractivity contribution >= 4 is 49.1 Å². The molecule has 27 heavy (non-hydrogen) atoms. The molecular formula is C20H22BrN3O2S. The summed E-state index contributed by atoms with van der Waals surface area (Å²) in [6, 6.07) is 7.22. The van der Waals surface area contributed by atoms with E-state index < -0.39 is 6.04 Å². The third-order valence-electron chi connectivity index (χ3n) is 5.35. The highest BCUT2D eigenvalue weighted by molar-refractivity contribution is 9.11. The highest BCUT2D eigenvalue weighted by Gasteiger charge is 2.28. The molecule has 142 valence electrons. The first kappa shape index (κ1) is 18.5. The molecule has 0 aliphatic heterocycles. The zero-order valence-corrected chi connectivity index (χ0v) is 17.3. The van der Waals surface area contributed by atoms with Crippen molar-refractivity contribution in [3.8, 4) is 5.88 Å². The minimum atomic E-state index is -0.455. The van der Waals surface area contributed by atoms with Crippen molar-refractivity contribution < 1.29 is 9.90 Å². The first-order chi connectivity index (χ1) is 13.1. The monoisotopic (exact) mass is 447 g/mol. The topological polar surface area (TPSA) is 67.2 Å². The highest BCUT2D eigenvalue weighted by atomic mass is 79.9. The number of aromatic hydroxyl groups is 1. The van der Waals surface area contributed by atoms with Gasteiger partial charge in [0.25, 0.3) is 0 Å². The molecule has 3 aromatic rings. The number of nitrogens with one attached hydrogen (secondary N) is 1. The average molecular weight is 448 g/mol. The molecule has 1 saturated carbocycles. The SMILES string of the molecule is O=C(Nc1ncc(Br)s1)[C@H](CC1CCCCC1)n1cc2ccccc2c1O. The molecule has 1 aromatic carbocycles. The molecule has 0 spiro atoms. The maximum Gasteiger partial charge on any atom is 0.249 e. The van der Waals surface area contributed by atoms with Gasteiger partial charge in [0.15, 0.2) is 11.0 Å². The van der Waals surface area contributed by atoms with Gasteiger partial charge in [-0.1, -0.05) is 61.6 Å². The van der Waals surface area contributed by atoms with Crippen LogP contribution >= 0.6 is 27.3 Å². The standard InChI is InChI=1S/C20H22BrN3O2S/c21-17-11-22-20(27-17)23-18(25)16(10-13-6-2-1-3-7-13)24-12-14-8-4-5-9-15(14)19(24)26/h4-5,8-9,11-13,16,26H,1-3,6-7,10H2,(H,22,23,25)/t16-/m0/s1. The van der Waals surface area contributed by atoms with Gasteiger partial charge in [0, 0.05) is 17.0 Å². The van der Waals surface area contributed by atoms with Crippen molar-refractivity contribution in [2.75, 3.05) is 5.32 Å². The lowest BCUT2D eigenvalue weighted by molar-refractivity contribution is -0.120. The molecule has 0 bridgehead atoms. The maximum absolute atomic E-state index is 13.1. The molecular weight excluding hydrogens is 426 g/mol. The normalized spacial score (nSPS) is 16.5. The number of carbonyl (C=O) groups excluding carboxylic acids is 1. The first-order valence-electron chi connectivity index (χ1n) is 9.32. The van der Waals surface area contributed by atoms with Crippen LogP contribution in [0.15, 0.2) is 40.4 Å². The third-order valence-corrected chi connectivity index (χ3v) is 6.74. The predicted octanol–water partition coefficient (Wildman–Crippen LogP) is 5.72. The zero-order chi connectivity index (χ0) is 18.8. The second-order valence-corrected chi connectivity index (χ2v) is 9.57. The van der Waals surface area contributed by atoms with E-state index in [1.54, 1.807) is 10.8 Å². The van der Waals surface area contributed by atoms with Crippen LogP contribution in [0.1, 0.15) is 44.6 Å². The lowest BCUT2D eigenvalue weighted by Crippen LogP contribution is -2.28. The molecule has 2 aromatic heterocycles. The van der Waals surface area contributed by atoms with E-state index in [2.05, 4.69) is 26.2 Å². The molecule has 2 N–H and O–H groups in total. The second-order valence-electron chi connectivity index (χ2n) is 7.16. The quantitative estimate of drug-likeness (QED) is 0.525. The largest absolute Gasteiger partial charge is 0.494 e. The van der Waals surface area contributed by atoms with Crippen LogP contribution in [-0.2, 0) is 4.79 Å². The molecule has 4 rings (SSSR count). The van der Waals surface area contributed by atoms with Crippen LogP contribution in [0.4, 0.5) is 5.13 Å². The van der Waals surface area contributed by atoms with E-state index >= 15 is 0 Å². The highest BCUT2D eigenvalue weighted by Crippen LogP contribution is 2.36. The van der Waals surface area contributed by atoms with Gasteiger partial charge in [0.1, 0.15) is 6.04 Å². The Labute approximate surface area is 170 Å². The van der Waals surface area contributed by atoms with E-state index in [9.17, 15) is 9.90 Å². The van der Waals surface area contributed by atoms with Crippen LogP contribution in [0.3, 0.4) is 0 Å². The average Bonchev–Trinajstić information content (AvgIpc) is 3.24. The number of thiazole rings is 1. The van der Waals surface area contributed by atoms with E-state index in [0.29, 0.717) is 11.0 Å². The molecule has 1 fully saturated rings. The van der Waals surface area contributed by atoms with Crippen molar-refractivity contribution in [3.05, 3.63) is 40.4 Å². The van der Waals surface area contributed by atoms with E-state index in [0.717, 1.165) is 33.8 Å². The lowest BCUT2D eigenvalue weighted by Gasteiger charge is -2.27. The molecule has 0 radical (unpaired) electrons. The number of benzene rings is 1. The number of rotatable bonds is 5. The molecule has 2 heterocycles. The van der Waals surface area contributed by atoms with E-state index in [1.165, 1.54) is 30.6 Å².